The predicted molar refractivity (Wildman–Crippen MR) is 118 cm³/mol. The maximum Gasteiger partial charge on any atom is 0.252 e. The van der Waals surface area contributed by atoms with E-state index >= 15 is 0 Å². The van der Waals surface area contributed by atoms with Gasteiger partial charge in [0.15, 0.2) is 0 Å². The smallest absolute Gasteiger partial charge is 0.252 e. The summed E-state index contributed by atoms with van der Waals surface area (Å²) in [7, 11) is -3.63. The molecule has 8 heteroatoms. The van der Waals surface area contributed by atoms with Gasteiger partial charge in [-0.1, -0.05) is 39.8 Å². The molecule has 0 saturated heterocycles. The van der Waals surface area contributed by atoms with Crippen molar-refractivity contribution in [1.82, 2.24) is 10.0 Å². The van der Waals surface area contributed by atoms with E-state index in [-0.39, 0.29) is 34.9 Å². The lowest BCUT2D eigenvalue weighted by molar-refractivity contribution is 0.0946. The van der Waals surface area contributed by atoms with Crippen molar-refractivity contribution in [1.29, 1.82) is 0 Å². The van der Waals surface area contributed by atoms with Crippen LogP contribution in [0.25, 0.3) is 0 Å². The van der Waals surface area contributed by atoms with Crippen LogP contribution in [0, 0.1) is 0 Å². The van der Waals surface area contributed by atoms with Gasteiger partial charge in [-0.05, 0) is 57.2 Å². The molecule has 29 heavy (non-hydrogen) atoms. The average molecular weight is 483 g/mol. The highest BCUT2D eigenvalue weighted by molar-refractivity contribution is 9.10. The fourth-order valence-electron chi connectivity index (χ4n) is 2.60. The molecule has 0 heterocycles. The van der Waals surface area contributed by atoms with E-state index in [0.29, 0.717) is 11.1 Å². The number of halogens is 1. The number of sulfonamides is 1. The summed E-state index contributed by atoms with van der Waals surface area (Å²) in [5, 5.41) is 2.75. The fourth-order valence-corrected chi connectivity index (χ4v) is 4.09. The van der Waals surface area contributed by atoms with Crippen molar-refractivity contribution in [3.05, 3.63) is 58.1 Å². The monoisotopic (exact) mass is 482 g/mol. The van der Waals surface area contributed by atoms with Gasteiger partial charge in [-0.3, -0.25) is 4.79 Å². The molecule has 0 radical (unpaired) electrons. The number of nitrogens with one attached hydrogen (secondary N) is 2. The molecule has 2 N–H and O–H groups in total. The maximum atomic E-state index is 12.5. The van der Waals surface area contributed by atoms with Gasteiger partial charge in [0.25, 0.3) is 5.91 Å². The molecule has 2 rings (SSSR count). The molecule has 2 aromatic carbocycles. The Hall–Kier alpha value is -1.90. The minimum absolute atomic E-state index is 0.0443. The van der Waals surface area contributed by atoms with Crippen LogP contribution in [-0.2, 0) is 15.4 Å². The Bertz CT molecular complexity index is 952. The summed E-state index contributed by atoms with van der Waals surface area (Å²) in [6, 6.07) is 12.2. The van der Waals surface area contributed by atoms with Crippen LogP contribution in [0.15, 0.2) is 51.8 Å². The van der Waals surface area contributed by atoms with Crippen molar-refractivity contribution in [3.63, 3.8) is 0 Å². The van der Waals surface area contributed by atoms with Gasteiger partial charge in [-0.25, -0.2) is 13.1 Å². The molecule has 0 aliphatic rings. The third-order valence-corrected chi connectivity index (χ3v) is 6.44. The number of amides is 1. The molecule has 0 unspecified atom stereocenters. The first kappa shape index (κ1) is 23.4. The second-order valence-electron chi connectivity index (χ2n) is 7.52. The van der Waals surface area contributed by atoms with Gasteiger partial charge in [0.05, 0.1) is 17.0 Å². The van der Waals surface area contributed by atoms with Crippen LogP contribution in [0.1, 0.15) is 43.6 Å². The number of carbonyl (C=O) groups excluding carboxylic acids is 1. The van der Waals surface area contributed by atoms with Gasteiger partial charge >= 0.3 is 0 Å². The molecular formula is C21H27BrN2O4S. The van der Waals surface area contributed by atoms with Crippen LogP contribution in [0.3, 0.4) is 0 Å². The molecule has 0 aliphatic heterocycles. The molecule has 0 aliphatic carbocycles. The summed E-state index contributed by atoms with van der Waals surface area (Å²) in [5.41, 5.74) is 1.54. The molecule has 0 atom stereocenters. The summed E-state index contributed by atoms with van der Waals surface area (Å²) < 4.78 is 32.9. The zero-order valence-corrected chi connectivity index (χ0v) is 19.5. The highest BCUT2D eigenvalue weighted by atomic mass is 79.9. The first-order chi connectivity index (χ1) is 13.5. The Morgan fingerprint density at radius 1 is 1.10 bits per heavy atom. The van der Waals surface area contributed by atoms with Crippen LogP contribution >= 0.6 is 15.9 Å². The fraction of sp³-hybridized carbons (Fsp3) is 0.381. The van der Waals surface area contributed by atoms with Gasteiger partial charge < -0.3 is 10.1 Å². The number of hydrogen-bond donors (Lipinski definition) is 2. The van der Waals surface area contributed by atoms with E-state index in [1.165, 1.54) is 17.7 Å². The predicted octanol–water partition coefficient (Wildman–Crippen LogP) is 3.85. The second kappa shape index (κ2) is 9.73. The van der Waals surface area contributed by atoms with E-state index in [0.717, 1.165) is 5.75 Å². The van der Waals surface area contributed by atoms with Crippen molar-refractivity contribution in [3.8, 4) is 5.75 Å². The summed E-state index contributed by atoms with van der Waals surface area (Å²) in [4.78, 5) is 12.5. The Morgan fingerprint density at radius 2 is 1.76 bits per heavy atom. The number of benzene rings is 2. The van der Waals surface area contributed by atoms with Crippen LogP contribution in [0.2, 0.25) is 0 Å². The summed E-state index contributed by atoms with van der Waals surface area (Å²) in [5.74, 6) is 0.351. The molecule has 0 bridgehead atoms. The number of carbonyl (C=O) groups is 1. The molecule has 158 valence electrons. The van der Waals surface area contributed by atoms with Crippen molar-refractivity contribution < 1.29 is 17.9 Å². The first-order valence-electron chi connectivity index (χ1n) is 9.35. The zero-order valence-electron chi connectivity index (χ0n) is 17.1. The molecule has 0 saturated carbocycles. The van der Waals surface area contributed by atoms with E-state index in [4.69, 9.17) is 4.74 Å². The maximum absolute atomic E-state index is 12.5. The lowest BCUT2D eigenvalue weighted by Gasteiger charge is -2.19. The first-order valence-corrected chi connectivity index (χ1v) is 11.6. The highest BCUT2D eigenvalue weighted by Gasteiger charge is 2.18. The SMILES string of the molecule is CCNS(=O)(=O)c1ccc(Br)c(C(=O)NCCOc2ccc(C(C)(C)C)cc2)c1. The molecule has 0 spiro atoms. The topological polar surface area (TPSA) is 84.5 Å². The Labute approximate surface area is 181 Å². The van der Waals surface area contributed by atoms with Crippen molar-refractivity contribution in [2.75, 3.05) is 19.7 Å². The standard InChI is InChI=1S/C21H27BrN2O4S/c1-5-24-29(26,27)17-10-11-19(22)18(14-17)20(25)23-12-13-28-16-8-6-15(7-9-16)21(2,3)4/h6-11,14,24H,5,12-13H2,1-4H3,(H,23,25). The average Bonchev–Trinajstić information content (AvgIpc) is 2.65. The van der Waals surface area contributed by atoms with E-state index in [2.05, 4.69) is 46.7 Å². The Kier molecular flexibility index (Phi) is 7.85. The normalized spacial score (nSPS) is 11.9. The van der Waals surface area contributed by atoms with Crippen LogP contribution in [-0.4, -0.2) is 34.0 Å². The summed E-state index contributed by atoms with van der Waals surface area (Å²) >= 11 is 3.30. The van der Waals surface area contributed by atoms with Crippen molar-refractivity contribution in [2.24, 2.45) is 0 Å². The molecule has 1 amide bonds. The van der Waals surface area contributed by atoms with E-state index in [1.807, 2.05) is 24.3 Å². The van der Waals surface area contributed by atoms with E-state index < -0.39 is 10.0 Å². The number of rotatable bonds is 8. The molecule has 0 aromatic heterocycles. The quantitative estimate of drug-likeness (QED) is 0.559. The van der Waals surface area contributed by atoms with Crippen molar-refractivity contribution in [2.45, 2.75) is 38.0 Å². The minimum Gasteiger partial charge on any atom is -0.492 e. The van der Waals surface area contributed by atoms with Gasteiger partial charge in [0, 0.05) is 11.0 Å². The van der Waals surface area contributed by atoms with Crippen LogP contribution in [0.5, 0.6) is 5.75 Å². The largest absolute Gasteiger partial charge is 0.492 e. The lowest BCUT2D eigenvalue weighted by Crippen LogP contribution is -2.29. The highest BCUT2D eigenvalue weighted by Crippen LogP contribution is 2.24. The van der Waals surface area contributed by atoms with Crippen LogP contribution < -0.4 is 14.8 Å². The third-order valence-electron chi connectivity index (χ3n) is 4.20. The third kappa shape index (κ3) is 6.55. The molecule has 6 nitrogen and oxygen atoms in total. The van der Waals surface area contributed by atoms with Gasteiger partial charge in [0.1, 0.15) is 12.4 Å². The second-order valence-corrected chi connectivity index (χ2v) is 10.1. The summed E-state index contributed by atoms with van der Waals surface area (Å²) in [6.07, 6.45) is 0. The number of hydrogen-bond acceptors (Lipinski definition) is 4. The van der Waals surface area contributed by atoms with Gasteiger partial charge in [-0.15, -0.1) is 0 Å². The minimum atomic E-state index is -3.63. The van der Waals surface area contributed by atoms with Crippen LogP contribution in [0.4, 0.5) is 0 Å². The molecule has 0 fully saturated rings. The Balaban J connectivity index is 1.94. The van der Waals surface area contributed by atoms with Gasteiger partial charge in [-0.2, -0.15) is 0 Å². The molecular weight excluding hydrogens is 456 g/mol. The number of ether oxygens (including phenoxy) is 1. The van der Waals surface area contributed by atoms with Gasteiger partial charge in [0.2, 0.25) is 10.0 Å². The van der Waals surface area contributed by atoms with Crippen molar-refractivity contribution >= 4 is 31.9 Å². The Morgan fingerprint density at radius 3 is 2.34 bits per heavy atom. The van der Waals surface area contributed by atoms with E-state index in [1.54, 1.807) is 13.0 Å². The van der Waals surface area contributed by atoms with E-state index in [9.17, 15) is 13.2 Å². The zero-order chi connectivity index (χ0) is 21.7. The lowest BCUT2D eigenvalue weighted by atomic mass is 9.87. The summed E-state index contributed by atoms with van der Waals surface area (Å²) in [6.45, 7) is 9.00. The molecule has 2 aromatic rings.